The van der Waals surface area contributed by atoms with E-state index in [9.17, 15) is 4.79 Å². The summed E-state index contributed by atoms with van der Waals surface area (Å²) in [7, 11) is 0. The van der Waals surface area contributed by atoms with E-state index in [1.807, 2.05) is 0 Å². The Hall–Kier alpha value is -0.810. The van der Waals surface area contributed by atoms with Gasteiger partial charge in [-0.15, -0.1) is 0 Å². The van der Waals surface area contributed by atoms with Crippen LogP contribution in [0.3, 0.4) is 0 Å². The fourth-order valence-electron chi connectivity index (χ4n) is 1.86. The Bertz CT molecular complexity index is 183. The summed E-state index contributed by atoms with van der Waals surface area (Å²) in [5, 5.41) is 0. The first kappa shape index (κ1) is 16.2. The molecule has 0 spiro atoms. The van der Waals surface area contributed by atoms with Crippen LogP contribution in [0.5, 0.6) is 0 Å². The van der Waals surface area contributed by atoms with Crippen molar-refractivity contribution in [3.05, 3.63) is 0 Å². The van der Waals surface area contributed by atoms with Gasteiger partial charge in [0.2, 0.25) is 0 Å². The minimum Gasteiger partial charge on any atom is -0.434 e. The molecule has 0 aromatic rings. The van der Waals surface area contributed by atoms with Gasteiger partial charge in [-0.25, -0.2) is 4.79 Å². The first-order valence-electron chi connectivity index (χ1n) is 6.49. The van der Waals surface area contributed by atoms with Gasteiger partial charge >= 0.3 is 6.16 Å². The maximum absolute atomic E-state index is 11.2. The van der Waals surface area contributed by atoms with Gasteiger partial charge in [-0.3, -0.25) is 11.7 Å². The highest BCUT2D eigenvalue weighted by Crippen LogP contribution is 2.20. The molecule has 102 valence electrons. The van der Waals surface area contributed by atoms with Gasteiger partial charge < -0.3 is 9.47 Å². The first-order valence-corrected chi connectivity index (χ1v) is 6.49. The fraction of sp³-hybridized carbons (Fsp3) is 0.917. The lowest BCUT2D eigenvalue weighted by molar-refractivity contribution is 0.0106. The summed E-state index contributed by atoms with van der Waals surface area (Å²) < 4.78 is 10.2. The maximum atomic E-state index is 11.2. The summed E-state index contributed by atoms with van der Waals surface area (Å²) in [4.78, 5) is 11.2. The summed E-state index contributed by atoms with van der Waals surface area (Å²) in [5.41, 5.74) is 0. The number of hydrogen-bond acceptors (Lipinski definition) is 5. The van der Waals surface area contributed by atoms with E-state index in [-0.39, 0.29) is 6.10 Å². The van der Waals surface area contributed by atoms with Crippen LogP contribution in [0.2, 0.25) is 0 Å². The SMILES string of the molecule is CCCCCOC(=O)OC1CCCCC1.NN. The van der Waals surface area contributed by atoms with Crippen LogP contribution in [0.4, 0.5) is 4.79 Å². The van der Waals surface area contributed by atoms with Crippen molar-refractivity contribution in [1.82, 2.24) is 0 Å². The lowest BCUT2D eigenvalue weighted by atomic mass is 9.98. The third-order valence-electron chi connectivity index (χ3n) is 2.78. The number of unbranched alkanes of at least 4 members (excludes halogenated alkanes) is 2. The molecule has 0 atom stereocenters. The van der Waals surface area contributed by atoms with Crippen molar-refractivity contribution in [3.8, 4) is 0 Å². The number of hydrogen-bond donors (Lipinski definition) is 2. The molecule has 0 unspecified atom stereocenters. The quantitative estimate of drug-likeness (QED) is 0.337. The Morgan fingerprint density at radius 1 is 1.18 bits per heavy atom. The molecular weight excluding hydrogens is 220 g/mol. The minimum atomic E-state index is -0.474. The highest BCUT2D eigenvalue weighted by atomic mass is 16.7. The molecule has 0 amide bonds. The Kier molecular flexibility index (Phi) is 11.1. The summed E-state index contributed by atoms with van der Waals surface area (Å²) >= 11 is 0. The predicted molar refractivity (Wildman–Crippen MR) is 67.2 cm³/mol. The predicted octanol–water partition coefficient (Wildman–Crippen LogP) is 2.48. The Morgan fingerprint density at radius 2 is 1.82 bits per heavy atom. The van der Waals surface area contributed by atoms with E-state index in [1.54, 1.807) is 0 Å². The molecular formula is C12H26N2O3. The van der Waals surface area contributed by atoms with E-state index in [0.29, 0.717) is 6.61 Å². The largest absolute Gasteiger partial charge is 0.508 e. The average molecular weight is 246 g/mol. The molecule has 1 rings (SSSR count). The van der Waals surface area contributed by atoms with Gasteiger partial charge in [-0.1, -0.05) is 26.2 Å². The third kappa shape index (κ3) is 8.94. The third-order valence-corrected chi connectivity index (χ3v) is 2.78. The van der Waals surface area contributed by atoms with Crippen molar-refractivity contribution in [1.29, 1.82) is 0 Å². The Labute approximate surface area is 104 Å². The van der Waals surface area contributed by atoms with Gasteiger partial charge in [-0.2, -0.15) is 0 Å². The standard InChI is InChI=1S/C12H22O3.H4N2/c1-2-3-7-10-14-12(13)15-11-8-5-4-6-9-11;1-2/h11H,2-10H2,1H3;1-2H2. The summed E-state index contributed by atoms with van der Waals surface area (Å²) in [6.45, 7) is 2.62. The van der Waals surface area contributed by atoms with Crippen LogP contribution in [-0.4, -0.2) is 18.9 Å². The molecule has 0 aromatic carbocycles. The molecule has 4 N–H and O–H groups in total. The molecule has 0 saturated heterocycles. The molecule has 1 saturated carbocycles. The van der Waals surface area contributed by atoms with Crippen LogP contribution >= 0.6 is 0 Å². The van der Waals surface area contributed by atoms with Crippen LogP contribution in [0.1, 0.15) is 58.3 Å². The normalized spacial score (nSPS) is 15.7. The highest BCUT2D eigenvalue weighted by molar-refractivity contribution is 5.60. The van der Waals surface area contributed by atoms with Gasteiger partial charge in [0, 0.05) is 0 Å². The molecule has 0 heterocycles. The smallest absolute Gasteiger partial charge is 0.434 e. The Morgan fingerprint density at radius 3 is 2.41 bits per heavy atom. The molecule has 0 radical (unpaired) electrons. The summed E-state index contributed by atoms with van der Waals surface area (Å²) in [6.07, 6.45) is 8.45. The number of carbonyl (C=O) groups is 1. The zero-order chi connectivity index (χ0) is 12.9. The van der Waals surface area contributed by atoms with Crippen LogP contribution < -0.4 is 11.7 Å². The van der Waals surface area contributed by atoms with Crippen LogP contribution in [0.25, 0.3) is 0 Å². The molecule has 5 heteroatoms. The lowest BCUT2D eigenvalue weighted by Crippen LogP contribution is -2.21. The van der Waals surface area contributed by atoms with Crippen molar-refractivity contribution in [2.45, 2.75) is 64.4 Å². The zero-order valence-electron chi connectivity index (χ0n) is 10.8. The van der Waals surface area contributed by atoms with E-state index in [2.05, 4.69) is 18.6 Å². The van der Waals surface area contributed by atoms with Gasteiger partial charge in [0.25, 0.3) is 0 Å². The second-order valence-electron chi connectivity index (χ2n) is 4.18. The molecule has 0 aromatic heterocycles. The van der Waals surface area contributed by atoms with Crippen LogP contribution in [-0.2, 0) is 9.47 Å². The summed E-state index contributed by atoms with van der Waals surface area (Å²) in [5.74, 6) is 8.00. The summed E-state index contributed by atoms with van der Waals surface area (Å²) in [6, 6.07) is 0. The Balaban J connectivity index is 0.00000121. The number of hydrazine groups is 1. The molecule has 1 aliphatic carbocycles. The monoisotopic (exact) mass is 246 g/mol. The second-order valence-corrected chi connectivity index (χ2v) is 4.18. The molecule has 1 aliphatic rings. The van der Waals surface area contributed by atoms with E-state index in [1.165, 1.54) is 19.3 Å². The van der Waals surface area contributed by atoms with Gasteiger partial charge in [0.1, 0.15) is 6.10 Å². The molecule has 0 aliphatic heterocycles. The number of carbonyl (C=O) groups excluding carboxylic acids is 1. The van der Waals surface area contributed by atoms with E-state index in [4.69, 9.17) is 9.47 Å². The molecule has 17 heavy (non-hydrogen) atoms. The van der Waals surface area contributed by atoms with Gasteiger partial charge in [-0.05, 0) is 32.1 Å². The fourth-order valence-corrected chi connectivity index (χ4v) is 1.86. The molecule has 0 bridgehead atoms. The maximum Gasteiger partial charge on any atom is 0.508 e. The zero-order valence-corrected chi connectivity index (χ0v) is 10.8. The van der Waals surface area contributed by atoms with Crippen molar-refractivity contribution in [3.63, 3.8) is 0 Å². The van der Waals surface area contributed by atoms with E-state index >= 15 is 0 Å². The second kappa shape index (κ2) is 11.7. The van der Waals surface area contributed by atoms with E-state index in [0.717, 1.165) is 32.1 Å². The highest BCUT2D eigenvalue weighted by Gasteiger charge is 2.18. The number of nitrogens with two attached hydrogens (primary N) is 2. The molecule has 1 fully saturated rings. The van der Waals surface area contributed by atoms with Crippen molar-refractivity contribution in [2.24, 2.45) is 11.7 Å². The van der Waals surface area contributed by atoms with Crippen molar-refractivity contribution >= 4 is 6.16 Å². The average Bonchev–Trinajstić information content (AvgIpc) is 2.38. The number of rotatable bonds is 5. The van der Waals surface area contributed by atoms with Gasteiger partial charge in [0.05, 0.1) is 6.61 Å². The number of ether oxygens (including phenoxy) is 2. The molecule has 5 nitrogen and oxygen atoms in total. The van der Waals surface area contributed by atoms with Crippen molar-refractivity contribution in [2.75, 3.05) is 6.61 Å². The van der Waals surface area contributed by atoms with Gasteiger partial charge in [0.15, 0.2) is 0 Å². The van der Waals surface area contributed by atoms with E-state index < -0.39 is 6.16 Å². The topological polar surface area (TPSA) is 87.6 Å². The minimum absolute atomic E-state index is 0.109. The van der Waals surface area contributed by atoms with Crippen molar-refractivity contribution < 1.29 is 14.3 Å². The van der Waals surface area contributed by atoms with Crippen LogP contribution in [0.15, 0.2) is 0 Å². The first-order chi connectivity index (χ1) is 8.33. The van der Waals surface area contributed by atoms with Crippen LogP contribution in [0, 0.1) is 0 Å². The lowest BCUT2D eigenvalue weighted by Gasteiger charge is -2.21.